The highest BCUT2D eigenvalue weighted by Gasteiger charge is 2.35. The first-order chi connectivity index (χ1) is 16.0. The maximum Gasteiger partial charge on any atom is 0.417 e. The lowest BCUT2D eigenvalue weighted by Crippen LogP contribution is -2.37. The molecule has 4 rings (SSSR count). The number of morpholine rings is 1. The highest BCUT2D eigenvalue weighted by atomic mass is 32.2. The second-order valence-electron chi connectivity index (χ2n) is 7.47. The first kappa shape index (κ1) is 23.6. The fourth-order valence-corrected chi connectivity index (χ4v) is 3.88. The Labute approximate surface area is 192 Å². The summed E-state index contributed by atoms with van der Waals surface area (Å²) in [6.07, 6.45) is -1.36. The van der Waals surface area contributed by atoms with Crippen molar-refractivity contribution >= 4 is 33.1 Å². The number of hydrogen-bond donors (Lipinski definition) is 2. The topological polar surface area (TPSA) is 136 Å². The molecule has 0 saturated carbocycles. The molecule has 3 aromatic heterocycles. The van der Waals surface area contributed by atoms with Crippen LogP contribution in [0.15, 0.2) is 41.7 Å². The van der Waals surface area contributed by atoms with Crippen LogP contribution in [0, 0.1) is 0 Å². The molecule has 0 unspecified atom stereocenters. The predicted octanol–water partition coefficient (Wildman–Crippen LogP) is 2.52. The largest absolute Gasteiger partial charge is 0.417 e. The van der Waals surface area contributed by atoms with Crippen LogP contribution in [0.3, 0.4) is 0 Å². The molecular weight excluding hydrogens is 475 g/mol. The molecule has 14 heteroatoms. The van der Waals surface area contributed by atoms with Gasteiger partial charge in [0.25, 0.3) is 0 Å². The smallest absolute Gasteiger partial charge is 0.384 e. The summed E-state index contributed by atoms with van der Waals surface area (Å²) in [5.41, 5.74) is 4.54. The number of nitrogens with one attached hydrogen (secondary N) is 1. The maximum absolute atomic E-state index is 13.7. The number of rotatable bonds is 5. The summed E-state index contributed by atoms with van der Waals surface area (Å²) in [7, 11) is -3.57. The Bertz CT molecular complexity index is 1310. The van der Waals surface area contributed by atoms with Crippen molar-refractivity contribution in [1.29, 1.82) is 0 Å². The van der Waals surface area contributed by atoms with Crippen LogP contribution in [0.4, 0.5) is 36.4 Å². The van der Waals surface area contributed by atoms with Crippen molar-refractivity contribution in [3.05, 3.63) is 42.2 Å². The van der Waals surface area contributed by atoms with Crippen LogP contribution >= 0.6 is 0 Å². The fourth-order valence-electron chi connectivity index (χ4n) is 3.29. The summed E-state index contributed by atoms with van der Waals surface area (Å²) in [5.74, 6) is 0.0645. The van der Waals surface area contributed by atoms with Crippen molar-refractivity contribution in [2.24, 2.45) is 0 Å². The minimum Gasteiger partial charge on any atom is -0.384 e. The molecule has 0 aromatic carbocycles. The lowest BCUT2D eigenvalue weighted by Gasteiger charge is -2.27. The van der Waals surface area contributed by atoms with E-state index >= 15 is 0 Å². The van der Waals surface area contributed by atoms with E-state index in [2.05, 4.69) is 25.3 Å². The van der Waals surface area contributed by atoms with Crippen LogP contribution in [0.1, 0.15) is 5.56 Å². The molecule has 1 saturated heterocycles. The standard InChI is InChI=1S/C20H20F3N7O3S/c1-34(31,32)18-8-12(2-3-25-18)27-17-10-15(28-19(29-17)30-4-6-33-7-5-30)13-11-26-16(24)9-14(13)20(21,22)23/h2-3,8-11H,4-7H2,1H3,(H2,24,26)(H,25,27,28,29). The molecule has 1 aliphatic heterocycles. The van der Waals surface area contributed by atoms with Gasteiger partial charge in [0.2, 0.25) is 5.95 Å². The Morgan fingerprint density at radius 2 is 1.85 bits per heavy atom. The number of pyridine rings is 2. The van der Waals surface area contributed by atoms with E-state index in [1.165, 1.54) is 24.4 Å². The van der Waals surface area contributed by atoms with E-state index in [-0.39, 0.29) is 33.9 Å². The molecular formula is C20H20F3N7O3S. The number of sulfone groups is 1. The molecule has 0 radical (unpaired) electrons. The molecule has 0 spiro atoms. The van der Waals surface area contributed by atoms with Gasteiger partial charge in [0.15, 0.2) is 14.9 Å². The van der Waals surface area contributed by atoms with Gasteiger partial charge < -0.3 is 20.7 Å². The van der Waals surface area contributed by atoms with Gasteiger partial charge in [0, 0.05) is 49.1 Å². The Morgan fingerprint density at radius 1 is 1.12 bits per heavy atom. The van der Waals surface area contributed by atoms with E-state index in [9.17, 15) is 21.6 Å². The molecule has 4 heterocycles. The number of aromatic nitrogens is 4. The van der Waals surface area contributed by atoms with E-state index in [0.29, 0.717) is 32.0 Å². The van der Waals surface area contributed by atoms with E-state index < -0.39 is 21.6 Å². The van der Waals surface area contributed by atoms with Gasteiger partial charge >= 0.3 is 6.18 Å². The molecule has 1 fully saturated rings. The molecule has 10 nitrogen and oxygen atoms in total. The molecule has 0 atom stereocenters. The molecule has 1 aliphatic rings. The summed E-state index contributed by atoms with van der Waals surface area (Å²) >= 11 is 0. The van der Waals surface area contributed by atoms with Gasteiger partial charge in [-0.1, -0.05) is 0 Å². The minimum atomic E-state index is -4.69. The van der Waals surface area contributed by atoms with Gasteiger partial charge in [-0.3, -0.25) is 0 Å². The van der Waals surface area contributed by atoms with Crippen LogP contribution in [0.25, 0.3) is 11.3 Å². The van der Waals surface area contributed by atoms with Crippen molar-refractivity contribution < 1.29 is 26.3 Å². The summed E-state index contributed by atoms with van der Waals surface area (Å²) in [6, 6.07) is 4.89. The summed E-state index contributed by atoms with van der Waals surface area (Å²) in [4.78, 5) is 18.2. The van der Waals surface area contributed by atoms with E-state index in [1.807, 2.05) is 0 Å². The average Bonchev–Trinajstić information content (AvgIpc) is 2.78. The second kappa shape index (κ2) is 9.02. The van der Waals surface area contributed by atoms with Crippen molar-refractivity contribution in [2.75, 3.05) is 48.5 Å². The minimum absolute atomic E-state index is 0.0313. The molecule has 0 bridgehead atoms. The first-order valence-electron chi connectivity index (χ1n) is 9.99. The zero-order chi connectivity index (χ0) is 24.5. The number of ether oxygens (including phenoxy) is 1. The van der Waals surface area contributed by atoms with Gasteiger partial charge in [-0.05, 0) is 18.2 Å². The molecule has 3 N–H and O–H groups in total. The molecule has 0 amide bonds. The Hall–Kier alpha value is -3.52. The first-order valence-corrected chi connectivity index (χ1v) is 11.9. The van der Waals surface area contributed by atoms with Crippen LogP contribution in [0.2, 0.25) is 0 Å². The zero-order valence-electron chi connectivity index (χ0n) is 17.9. The number of anilines is 4. The van der Waals surface area contributed by atoms with Gasteiger partial charge in [0.05, 0.1) is 24.5 Å². The summed E-state index contributed by atoms with van der Waals surface area (Å²) in [5, 5.41) is 2.77. The highest BCUT2D eigenvalue weighted by molar-refractivity contribution is 7.90. The van der Waals surface area contributed by atoms with Crippen LogP contribution < -0.4 is 16.0 Å². The maximum atomic E-state index is 13.7. The lowest BCUT2D eigenvalue weighted by atomic mass is 10.1. The lowest BCUT2D eigenvalue weighted by molar-refractivity contribution is -0.137. The predicted molar refractivity (Wildman–Crippen MR) is 118 cm³/mol. The Morgan fingerprint density at radius 3 is 2.53 bits per heavy atom. The highest BCUT2D eigenvalue weighted by Crippen LogP contribution is 2.38. The van der Waals surface area contributed by atoms with E-state index in [1.54, 1.807) is 4.90 Å². The third-order valence-corrected chi connectivity index (χ3v) is 5.88. The third-order valence-electron chi connectivity index (χ3n) is 4.90. The molecule has 3 aromatic rings. The summed E-state index contributed by atoms with van der Waals surface area (Å²) < 4.78 is 70.2. The number of nitrogen functional groups attached to an aromatic ring is 1. The monoisotopic (exact) mass is 495 g/mol. The quantitative estimate of drug-likeness (QED) is 0.543. The average molecular weight is 495 g/mol. The fraction of sp³-hybridized carbons (Fsp3) is 0.300. The van der Waals surface area contributed by atoms with Gasteiger partial charge in [-0.2, -0.15) is 18.2 Å². The van der Waals surface area contributed by atoms with Crippen LogP contribution in [-0.2, 0) is 20.8 Å². The third kappa shape index (κ3) is 5.34. The number of nitrogens with zero attached hydrogens (tertiary/aromatic N) is 5. The number of nitrogens with two attached hydrogens (primary N) is 1. The molecule has 0 aliphatic carbocycles. The summed E-state index contributed by atoms with van der Waals surface area (Å²) in [6.45, 7) is 1.72. The van der Waals surface area contributed by atoms with Crippen molar-refractivity contribution in [1.82, 2.24) is 19.9 Å². The van der Waals surface area contributed by atoms with E-state index in [0.717, 1.165) is 18.5 Å². The SMILES string of the molecule is CS(=O)(=O)c1cc(Nc2cc(-c3cnc(N)cc3C(F)(F)F)nc(N3CCOCC3)n2)ccn1. The second-order valence-corrected chi connectivity index (χ2v) is 9.43. The van der Waals surface area contributed by atoms with Crippen LogP contribution in [-0.4, -0.2) is 60.9 Å². The molecule has 180 valence electrons. The van der Waals surface area contributed by atoms with Crippen molar-refractivity contribution in [3.8, 4) is 11.3 Å². The van der Waals surface area contributed by atoms with E-state index in [4.69, 9.17) is 10.5 Å². The number of hydrogen-bond acceptors (Lipinski definition) is 10. The molecule has 34 heavy (non-hydrogen) atoms. The number of alkyl halides is 3. The van der Waals surface area contributed by atoms with Gasteiger partial charge in [-0.25, -0.2) is 23.4 Å². The van der Waals surface area contributed by atoms with Crippen molar-refractivity contribution in [3.63, 3.8) is 0 Å². The zero-order valence-corrected chi connectivity index (χ0v) is 18.7. The Kier molecular flexibility index (Phi) is 6.27. The van der Waals surface area contributed by atoms with Gasteiger partial charge in [-0.15, -0.1) is 0 Å². The normalized spacial score (nSPS) is 14.8. The Balaban J connectivity index is 1.82. The number of halogens is 3. The van der Waals surface area contributed by atoms with Gasteiger partial charge in [0.1, 0.15) is 11.6 Å². The van der Waals surface area contributed by atoms with Crippen molar-refractivity contribution in [2.45, 2.75) is 11.2 Å². The van der Waals surface area contributed by atoms with Crippen LogP contribution in [0.5, 0.6) is 0 Å².